The second kappa shape index (κ2) is 9.24. The van der Waals surface area contributed by atoms with Gasteiger partial charge in [0.05, 0.1) is 41.2 Å². The molecule has 0 spiro atoms. The molecule has 1 aromatic heterocycles. The molecule has 0 saturated carbocycles. The average molecular weight is 486 g/mol. The van der Waals surface area contributed by atoms with Gasteiger partial charge in [-0.1, -0.05) is 25.6 Å². The SMILES string of the molecule is COc1ccc(-c2ccc(/C=C3/C(=N)N4C(SCC(C)C)=NSC4=NC3=O)o2)c([N+](=O)[O-])c1. The van der Waals surface area contributed by atoms with Crippen molar-refractivity contribution in [1.29, 1.82) is 5.41 Å². The number of hydrogen-bond donors (Lipinski definition) is 1. The largest absolute Gasteiger partial charge is 0.497 e. The van der Waals surface area contributed by atoms with E-state index in [2.05, 4.69) is 23.2 Å². The van der Waals surface area contributed by atoms with Gasteiger partial charge in [0.2, 0.25) is 5.17 Å². The van der Waals surface area contributed by atoms with Gasteiger partial charge in [0.25, 0.3) is 11.6 Å². The number of methoxy groups -OCH3 is 1. The Balaban J connectivity index is 1.64. The topological polar surface area (TPSA) is 134 Å². The number of nitrogens with one attached hydrogen (secondary N) is 1. The van der Waals surface area contributed by atoms with Crippen molar-refractivity contribution >= 4 is 57.6 Å². The van der Waals surface area contributed by atoms with Gasteiger partial charge in [0.1, 0.15) is 23.1 Å². The van der Waals surface area contributed by atoms with Gasteiger partial charge < -0.3 is 9.15 Å². The zero-order valence-electron chi connectivity index (χ0n) is 17.9. The van der Waals surface area contributed by atoms with E-state index >= 15 is 0 Å². The van der Waals surface area contributed by atoms with Crippen LogP contribution >= 0.6 is 23.7 Å². The van der Waals surface area contributed by atoms with Crippen LogP contribution in [0.2, 0.25) is 0 Å². The smallest absolute Gasteiger partial charge is 0.284 e. The number of nitrogens with zero attached hydrogens (tertiary/aromatic N) is 4. The van der Waals surface area contributed by atoms with Gasteiger partial charge in [-0.2, -0.15) is 9.39 Å². The third-order valence-electron chi connectivity index (χ3n) is 4.62. The van der Waals surface area contributed by atoms with Crippen LogP contribution in [0.4, 0.5) is 5.69 Å². The molecule has 1 N–H and O–H groups in total. The number of aliphatic imine (C=N–C) groups is 1. The fourth-order valence-electron chi connectivity index (χ4n) is 3.05. The van der Waals surface area contributed by atoms with E-state index in [1.165, 1.54) is 37.1 Å². The molecule has 4 rings (SSSR count). The highest BCUT2D eigenvalue weighted by Gasteiger charge is 2.37. The maximum absolute atomic E-state index is 12.6. The van der Waals surface area contributed by atoms with E-state index in [9.17, 15) is 14.9 Å². The van der Waals surface area contributed by atoms with Crippen LogP contribution in [0.1, 0.15) is 19.6 Å². The van der Waals surface area contributed by atoms with Crippen LogP contribution in [0, 0.1) is 21.4 Å². The molecule has 1 aromatic carbocycles. The number of carbonyl (C=O) groups excluding carboxylic acids is 1. The van der Waals surface area contributed by atoms with Crippen molar-refractivity contribution in [3.63, 3.8) is 0 Å². The van der Waals surface area contributed by atoms with Crippen LogP contribution in [0.25, 0.3) is 17.4 Å². The predicted octanol–water partition coefficient (Wildman–Crippen LogP) is 4.83. The van der Waals surface area contributed by atoms with Gasteiger partial charge in [-0.3, -0.25) is 20.3 Å². The first-order chi connectivity index (χ1) is 15.8. The molecule has 0 aliphatic carbocycles. The number of thioether (sulfide) groups is 1. The molecule has 170 valence electrons. The van der Waals surface area contributed by atoms with E-state index in [-0.39, 0.29) is 34.2 Å². The van der Waals surface area contributed by atoms with E-state index in [1.807, 2.05) is 0 Å². The molecular formula is C21H19N5O5S2. The first kappa shape index (κ1) is 22.8. The molecule has 10 nitrogen and oxygen atoms in total. The normalized spacial score (nSPS) is 16.8. The summed E-state index contributed by atoms with van der Waals surface area (Å²) in [7, 11) is 1.43. The summed E-state index contributed by atoms with van der Waals surface area (Å²) in [5.41, 5.74) is 0.145. The molecule has 2 aliphatic rings. The lowest BCUT2D eigenvalue weighted by atomic mass is 10.1. The van der Waals surface area contributed by atoms with E-state index in [0.717, 1.165) is 17.7 Å². The number of fused-ring (bicyclic) bond motifs is 1. The van der Waals surface area contributed by atoms with Crippen molar-refractivity contribution in [1.82, 2.24) is 4.90 Å². The Kier molecular flexibility index (Phi) is 6.38. The Morgan fingerprint density at radius 3 is 2.85 bits per heavy atom. The first-order valence-electron chi connectivity index (χ1n) is 9.82. The van der Waals surface area contributed by atoms with Crippen LogP contribution < -0.4 is 4.74 Å². The Morgan fingerprint density at radius 2 is 2.15 bits per heavy atom. The minimum absolute atomic E-state index is 0.0432. The number of benzene rings is 1. The number of rotatable bonds is 6. The maximum atomic E-state index is 12.6. The number of hydrogen-bond acceptors (Lipinski definition) is 9. The molecule has 0 fully saturated rings. The summed E-state index contributed by atoms with van der Waals surface area (Å²) in [6.07, 6.45) is 1.41. The standard InChI is InChI=1S/C21H19N5O5S2/c1-11(2)10-32-21-24-33-20-23-19(27)15(18(22)25(20)21)8-13-5-7-17(31-13)14-6-4-12(30-3)9-16(14)26(28)29/h4-9,11,22H,10H2,1-3H3/b15-8-,22-18?. The van der Waals surface area contributed by atoms with E-state index in [4.69, 9.17) is 14.6 Å². The van der Waals surface area contributed by atoms with Crippen molar-refractivity contribution < 1.29 is 18.9 Å². The molecule has 1 amide bonds. The summed E-state index contributed by atoms with van der Waals surface area (Å²) in [4.78, 5) is 29.2. The van der Waals surface area contributed by atoms with Gasteiger partial charge in [-0.25, -0.2) is 4.90 Å². The van der Waals surface area contributed by atoms with Crippen molar-refractivity contribution in [3.05, 3.63) is 51.8 Å². The Bertz CT molecular complexity index is 1250. The highest BCUT2D eigenvalue weighted by atomic mass is 32.2. The quantitative estimate of drug-likeness (QED) is 0.266. The number of furan rings is 1. The van der Waals surface area contributed by atoms with Gasteiger partial charge in [-0.05, 0) is 36.3 Å². The van der Waals surface area contributed by atoms with Gasteiger partial charge >= 0.3 is 0 Å². The third kappa shape index (κ3) is 4.57. The molecule has 0 atom stereocenters. The fraction of sp³-hybridized carbons (Fsp3) is 0.238. The van der Waals surface area contributed by atoms with Crippen LogP contribution in [0.5, 0.6) is 5.75 Å². The molecule has 2 aromatic rings. The predicted molar refractivity (Wildman–Crippen MR) is 130 cm³/mol. The van der Waals surface area contributed by atoms with Gasteiger partial charge in [0, 0.05) is 5.75 Å². The van der Waals surface area contributed by atoms with E-state index < -0.39 is 10.8 Å². The molecule has 0 unspecified atom stereocenters. The number of amides is 1. The maximum Gasteiger partial charge on any atom is 0.284 e. The number of ether oxygens (including phenoxy) is 1. The van der Waals surface area contributed by atoms with Crippen molar-refractivity contribution in [2.75, 3.05) is 12.9 Å². The molecule has 0 saturated heterocycles. The van der Waals surface area contributed by atoms with Gasteiger partial charge in [0.15, 0.2) is 5.17 Å². The van der Waals surface area contributed by atoms with Crippen LogP contribution in [-0.4, -0.2) is 44.8 Å². The van der Waals surface area contributed by atoms with Crippen LogP contribution in [-0.2, 0) is 4.79 Å². The number of amidine groups is 3. The van der Waals surface area contributed by atoms with Gasteiger partial charge in [-0.15, -0.1) is 0 Å². The lowest BCUT2D eigenvalue weighted by Crippen LogP contribution is -2.41. The number of nitro groups is 1. The first-order valence-corrected chi connectivity index (χ1v) is 11.6. The fourth-order valence-corrected chi connectivity index (χ4v) is 4.85. The second-order valence-corrected chi connectivity index (χ2v) is 9.17. The van der Waals surface area contributed by atoms with Crippen molar-refractivity contribution in [2.45, 2.75) is 13.8 Å². The molecule has 0 bridgehead atoms. The summed E-state index contributed by atoms with van der Waals surface area (Å²) in [5, 5.41) is 21.0. The lowest BCUT2D eigenvalue weighted by molar-refractivity contribution is -0.384. The highest BCUT2D eigenvalue weighted by molar-refractivity contribution is 8.19. The Hall–Kier alpha value is -3.38. The summed E-state index contributed by atoms with van der Waals surface area (Å²) < 4.78 is 15.2. The zero-order valence-corrected chi connectivity index (χ0v) is 19.5. The molecule has 12 heteroatoms. The Morgan fingerprint density at radius 1 is 1.36 bits per heavy atom. The second-order valence-electron chi connectivity index (χ2n) is 7.45. The summed E-state index contributed by atoms with van der Waals surface area (Å²) in [6.45, 7) is 4.17. The third-order valence-corrected chi connectivity index (χ3v) is 6.80. The lowest BCUT2D eigenvalue weighted by Gasteiger charge is -2.24. The molecular weight excluding hydrogens is 466 g/mol. The van der Waals surface area contributed by atoms with E-state index in [0.29, 0.717) is 22.0 Å². The van der Waals surface area contributed by atoms with E-state index in [1.54, 1.807) is 23.1 Å². The van der Waals surface area contributed by atoms with Crippen molar-refractivity contribution in [2.24, 2.45) is 15.3 Å². The zero-order chi connectivity index (χ0) is 23.7. The number of carbonyl (C=O) groups is 1. The molecule has 3 heterocycles. The minimum Gasteiger partial charge on any atom is -0.497 e. The average Bonchev–Trinajstić information content (AvgIpc) is 3.41. The molecule has 2 aliphatic heterocycles. The summed E-state index contributed by atoms with van der Waals surface area (Å²) in [5.74, 6) is 1.50. The minimum atomic E-state index is -0.572. The number of nitro benzene ring substituents is 1. The Labute approximate surface area is 197 Å². The molecule has 0 radical (unpaired) electrons. The van der Waals surface area contributed by atoms with Crippen LogP contribution in [0.3, 0.4) is 0 Å². The highest BCUT2D eigenvalue weighted by Crippen LogP contribution is 2.36. The van der Waals surface area contributed by atoms with Crippen molar-refractivity contribution in [3.8, 4) is 17.1 Å². The summed E-state index contributed by atoms with van der Waals surface area (Å²) >= 11 is 2.56. The molecule has 33 heavy (non-hydrogen) atoms. The summed E-state index contributed by atoms with van der Waals surface area (Å²) in [6, 6.07) is 7.60. The van der Waals surface area contributed by atoms with Crippen LogP contribution in [0.15, 0.2) is 49.7 Å². The monoisotopic (exact) mass is 485 g/mol.